The number of hydrogen-bond acceptors (Lipinski definition) is 4. The highest BCUT2D eigenvalue weighted by Crippen LogP contribution is 2.29. The van der Waals surface area contributed by atoms with Gasteiger partial charge in [-0.05, 0) is 46.3 Å². The molecule has 0 spiro atoms. The first-order valence-corrected chi connectivity index (χ1v) is 8.54. The SMILES string of the molecule is Nc1ccc(S(=O)(=O)Cc2ccc(Cl)s2)c(Br)c1. The van der Waals surface area contributed by atoms with E-state index in [0.717, 1.165) is 0 Å². The molecule has 2 aromatic rings. The molecule has 1 aromatic heterocycles. The highest BCUT2D eigenvalue weighted by Gasteiger charge is 2.19. The molecule has 0 aliphatic heterocycles. The van der Waals surface area contributed by atoms with Gasteiger partial charge in [-0.15, -0.1) is 11.3 Å². The van der Waals surface area contributed by atoms with Crippen molar-refractivity contribution in [2.45, 2.75) is 10.6 Å². The third-order valence-electron chi connectivity index (χ3n) is 2.25. The number of sulfone groups is 1. The molecule has 96 valence electrons. The molecule has 3 nitrogen and oxygen atoms in total. The third kappa shape index (κ3) is 3.06. The lowest BCUT2D eigenvalue weighted by Gasteiger charge is -2.06. The fourth-order valence-corrected chi connectivity index (χ4v) is 5.44. The zero-order valence-corrected chi connectivity index (χ0v) is 13.0. The van der Waals surface area contributed by atoms with E-state index in [-0.39, 0.29) is 10.6 Å². The first-order chi connectivity index (χ1) is 8.38. The normalized spacial score (nSPS) is 11.7. The third-order valence-corrected chi connectivity index (χ3v) is 6.30. The molecule has 0 bridgehead atoms. The molecule has 0 aliphatic rings. The minimum absolute atomic E-state index is 0.0626. The zero-order chi connectivity index (χ0) is 13.3. The van der Waals surface area contributed by atoms with Crippen LogP contribution in [0.5, 0.6) is 0 Å². The maximum atomic E-state index is 12.2. The van der Waals surface area contributed by atoms with Gasteiger partial charge in [0.2, 0.25) is 0 Å². The molecule has 7 heteroatoms. The van der Waals surface area contributed by atoms with Crippen molar-refractivity contribution in [3.05, 3.63) is 44.0 Å². The van der Waals surface area contributed by atoms with E-state index in [1.807, 2.05) is 0 Å². The Hall–Kier alpha value is -0.560. The summed E-state index contributed by atoms with van der Waals surface area (Å²) in [6.45, 7) is 0. The molecule has 0 radical (unpaired) electrons. The molecule has 0 amide bonds. The van der Waals surface area contributed by atoms with Gasteiger partial charge < -0.3 is 5.73 Å². The molecule has 1 heterocycles. The van der Waals surface area contributed by atoms with Crippen LogP contribution in [0.4, 0.5) is 5.69 Å². The summed E-state index contributed by atoms with van der Waals surface area (Å²) in [7, 11) is -3.40. The van der Waals surface area contributed by atoms with E-state index in [0.29, 0.717) is 19.4 Å². The molecule has 0 atom stereocenters. The summed E-state index contributed by atoms with van der Waals surface area (Å²) in [4.78, 5) is 0.949. The monoisotopic (exact) mass is 365 g/mol. The molecule has 0 saturated carbocycles. The average molecular weight is 367 g/mol. The van der Waals surface area contributed by atoms with E-state index >= 15 is 0 Å². The molecule has 2 N–H and O–H groups in total. The number of thiophene rings is 1. The van der Waals surface area contributed by atoms with Crippen molar-refractivity contribution in [3.63, 3.8) is 0 Å². The maximum Gasteiger partial charge on any atom is 0.184 e. The Kier molecular flexibility index (Phi) is 4.01. The molecular formula is C11H9BrClNO2S2. The lowest BCUT2D eigenvalue weighted by molar-refractivity contribution is 0.595. The van der Waals surface area contributed by atoms with Crippen LogP contribution in [0.25, 0.3) is 0 Å². The van der Waals surface area contributed by atoms with Gasteiger partial charge in [0.05, 0.1) is 15.0 Å². The summed E-state index contributed by atoms with van der Waals surface area (Å²) < 4.78 is 25.5. The van der Waals surface area contributed by atoms with Crippen molar-refractivity contribution in [1.29, 1.82) is 0 Å². The van der Waals surface area contributed by atoms with Crippen molar-refractivity contribution in [3.8, 4) is 0 Å². The number of halogens is 2. The van der Waals surface area contributed by atoms with Crippen molar-refractivity contribution in [1.82, 2.24) is 0 Å². The van der Waals surface area contributed by atoms with Crippen molar-refractivity contribution < 1.29 is 8.42 Å². The van der Waals surface area contributed by atoms with Gasteiger partial charge in [-0.3, -0.25) is 0 Å². The Bertz CT molecular complexity index is 682. The highest BCUT2D eigenvalue weighted by atomic mass is 79.9. The van der Waals surface area contributed by atoms with Gasteiger partial charge in [0.25, 0.3) is 0 Å². The van der Waals surface area contributed by atoms with Crippen LogP contribution < -0.4 is 5.73 Å². The summed E-state index contributed by atoms with van der Waals surface area (Å²) in [6.07, 6.45) is 0. The smallest absolute Gasteiger partial charge is 0.184 e. The fourth-order valence-electron chi connectivity index (χ4n) is 1.46. The number of nitrogen functional groups attached to an aromatic ring is 1. The number of rotatable bonds is 3. The van der Waals surface area contributed by atoms with E-state index in [1.165, 1.54) is 17.4 Å². The van der Waals surface area contributed by atoms with Gasteiger partial charge in [0.1, 0.15) is 0 Å². The topological polar surface area (TPSA) is 60.2 Å². The van der Waals surface area contributed by atoms with Crippen LogP contribution >= 0.6 is 38.9 Å². The Balaban J connectivity index is 2.36. The minimum atomic E-state index is -3.40. The average Bonchev–Trinajstić information content (AvgIpc) is 2.62. The zero-order valence-electron chi connectivity index (χ0n) is 9.06. The van der Waals surface area contributed by atoms with Gasteiger partial charge in [0, 0.05) is 15.0 Å². The molecule has 1 aromatic carbocycles. The lowest BCUT2D eigenvalue weighted by Crippen LogP contribution is -2.05. The van der Waals surface area contributed by atoms with Gasteiger partial charge >= 0.3 is 0 Å². The van der Waals surface area contributed by atoms with E-state index in [9.17, 15) is 8.42 Å². The predicted molar refractivity (Wildman–Crippen MR) is 78.8 cm³/mol. The van der Waals surface area contributed by atoms with Crippen LogP contribution in [0.1, 0.15) is 4.88 Å². The van der Waals surface area contributed by atoms with Crippen LogP contribution in [-0.4, -0.2) is 8.42 Å². The summed E-state index contributed by atoms with van der Waals surface area (Å²) in [5, 5.41) is 0. The van der Waals surface area contributed by atoms with Crippen LogP contribution in [0.15, 0.2) is 39.7 Å². The first-order valence-electron chi connectivity index (χ1n) is 4.90. The van der Waals surface area contributed by atoms with Crippen LogP contribution in [0.3, 0.4) is 0 Å². The van der Waals surface area contributed by atoms with E-state index < -0.39 is 9.84 Å². The molecule has 0 aliphatic carbocycles. The molecule has 2 rings (SSSR count). The molecule has 0 fully saturated rings. The number of hydrogen-bond donors (Lipinski definition) is 1. The molecule has 0 saturated heterocycles. The van der Waals surface area contributed by atoms with Gasteiger partial charge in [-0.2, -0.15) is 0 Å². The van der Waals surface area contributed by atoms with Gasteiger partial charge in [0.15, 0.2) is 9.84 Å². The van der Waals surface area contributed by atoms with Crippen molar-refractivity contribution in [2.24, 2.45) is 0 Å². The van der Waals surface area contributed by atoms with Crippen molar-refractivity contribution >= 4 is 54.4 Å². The number of nitrogens with two attached hydrogens (primary N) is 1. The van der Waals surface area contributed by atoms with E-state index in [4.69, 9.17) is 17.3 Å². The summed E-state index contributed by atoms with van der Waals surface area (Å²) >= 11 is 10.3. The lowest BCUT2D eigenvalue weighted by atomic mass is 10.3. The largest absolute Gasteiger partial charge is 0.399 e. The van der Waals surface area contributed by atoms with Crippen LogP contribution in [0, 0.1) is 0 Å². The van der Waals surface area contributed by atoms with Gasteiger partial charge in [-0.1, -0.05) is 11.6 Å². The Morgan fingerprint density at radius 1 is 1.28 bits per heavy atom. The second-order valence-electron chi connectivity index (χ2n) is 3.65. The summed E-state index contributed by atoms with van der Waals surface area (Å²) in [5.41, 5.74) is 6.10. The Labute approximate surface area is 123 Å². The predicted octanol–water partition coefficient (Wildman–Crippen LogP) is 3.72. The Morgan fingerprint density at radius 2 is 2.00 bits per heavy atom. The van der Waals surface area contributed by atoms with Crippen molar-refractivity contribution in [2.75, 3.05) is 5.73 Å². The quantitative estimate of drug-likeness (QED) is 0.842. The Morgan fingerprint density at radius 3 is 2.56 bits per heavy atom. The molecular weight excluding hydrogens is 358 g/mol. The maximum absolute atomic E-state index is 12.2. The van der Waals surface area contributed by atoms with Crippen LogP contribution in [0.2, 0.25) is 4.34 Å². The fraction of sp³-hybridized carbons (Fsp3) is 0.0909. The second-order valence-corrected chi connectivity index (χ2v) is 8.27. The number of anilines is 1. The highest BCUT2D eigenvalue weighted by molar-refractivity contribution is 9.10. The first kappa shape index (κ1) is 13.9. The molecule has 0 unspecified atom stereocenters. The van der Waals surface area contributed by atoms with E-state index in [2.05, 4.69) is 15.9 Å². The van der Waals surface area contributed by atoms with Gasteiger partial charge in [-0.25, -0.2) is 8.42 Å². The summed E-state index contributed by atoms with van der Waals surface area (Å²) in [6, 6.07) is 8.06. The number of benzene rings is 1. The standard InChI is InChI=1S/C11H9BrClNO2S2/c12-9-5-7(14)1-3-10(9)18(15,16)6-8-2-4-11(13)17-8/h1-5H,6,14H2. The second kappa shape index (κ2) is 5.21. The van der Waals surface area contributed by atoms with E-state index in [1.54, 1.807) is 24.3 Å². The molecule has 18 heavy (non-hydrogen) atoms. The summed E-state index contributed by atoms with van der Waals surface area (Å²) in [5.74, 6) is -0.0626. The minimum Gasteiger partial charge on any atom is -0.399 e. The van der Waals surface area contributed by atoms with Crippen LogP contribution in [-0.2, 0) is 15.6 Å².